The van der Waals surface area contributed by atoms with Crippen LogP contribution in [0.5, 0.6) is 5.75 Å². The topological polar surface area (TPSA) is 51.9 Å². The van der Waals surface area contributed by atoms with E-state index in [1.54, 1.807) is 23.4 Å². The molecule has 0 fully saturated rings. The number of halogens is 1. The first kappa shape index (κ1) is 17.1. The average molecular weight is 351 g/mol. The van der Waals surface area contributed by atoms with Crippen molar-refractivity contribution in [2.45, 2.75) is 6.92 Å². The summed E-state index contributed by atoms with van der Waals surface area (Å²) >= 11 is 3.42. The van der Waals surface area contributed by atoms with Crippen LogP contribution in [0.2, 0.25) is 0 Å². The first-order chi connectivity index (χ1) is 9.83. The Morgan fingerprint density at radius 2 is 1.95 bits per heavy atom. The molecule has 0 heterocycles. The second-order valence-electron chi connectivity index (χ2n) is 4.92. The number of nitriles is 1. The summed E-state index contributed by atoms with van der Waals surface area (Å²) in [5.41, 5.74) is 0.969. The van der Waals surface area contributed by atoms with E-state index in [1.165, 1.54) is 0 Å². The highest BCUT2D eigenvalue weighted by molar-refractivity contribution is 9.10. The fourth-order valence-electron chi connectivity index (χ4n) is 1.60. The van der Waals surface area contributed by atoms with Crippen molar-refractivity contribution in [3.63, 3.8) is 0 Å². The van der Waals surface area contributed by atoms with Gasteiger partial charge in [-0.1, -0.05) is 15.9 Å². The molecule has 0 aliphatic carbocycles. The van der Waals surface area contributed by atoms with Crippen molar-refractivity contribution < 1.29 is 4.74 Å². The lowest BCUT2D eigenvalue weighted by Gasteiger charge is -2.13. The molecule has 1 aromatic rings. The van der Waals surface area contributed by atoms with E-state index in [1.807, 2.05) is 46.2 Å². The van der Waals surface area contributed by atoms with Gasteiger partial charge >= 0.3 is 0 Å². The Kier molecular flexibility index (Phi) is 6.25. The summed E-state index contributed by atoms with van der Waals surface area (Å²) in [7, 11) is 7.56. The van der Waals surface area contributed by atoms with E-state index in [2.05, 4.69) is 27.0 Å². The highest BCUT2D eigenvalue weighted by atomic mass is 79.9. The molecule has 0 atom stereocenters. The van der Waals surface area contributed by atoms with Gasteiger partial charge < -0.3 is 14.5 Å². The van der Waals surface area contributed by atoms with Gasteiger partial charge in [-0.3, -0.25) is 0 Å². The van der Waals surface area contributed by atoms with Crippen LogP contribution in [0.25, 0.3) is 0 Å². The summed E-state index contributed by atoms with van der Waals surface area (Å²) in [5.74, 6) is 1.17. The predicted octanol–water partition coefficient (Wildman–Crippen LogP) is 3.34. The van der Waals surface area contributed by atoms with E-state index in [4.69, 9.17) is 4.74 Å². The van der Waals surface area contributed by atoms with Crippen LogP contribution in [0, 0.1) is 11.3 Å². The Hall–Kier alpha value is -2.00. The molecule has 6 heteroatoms. The van der Waals surface area contributed by atoms with Crippen molar-refractivity contribution in [1.29, 1.82) is 5.26 Å². The Labute approximate surface area is 134 Å². The highest BCUT2D eigenvalue weighted by Gasteiger charge is 2.12. The first-order valence-corrected chi connectivity index (χ1v) is 7.09. The van der Waals surface area contributed by atoms with Crippen molar-refractivity contribution in [3.05, 3.63) is 34.1 Å². The van der Waals surface area contributed by atoms with Gasteiger partial charge in [-0.15, -0.1) is 0 Å². The standard InChI is InChI=1S/C15H19BrN4O/c1-11(9-19(2)3)21-15-7-12(16)6-14(13(15)8-17)18-10-20(4)5/h6-7,9-10H,1-5H3/b11-9+,18-10?. The SMILES string of the molecule is C/C(=C\N(C)C)Oc1cc(Br)cc(N=CN(C)C)c1C#N. The van der Waals surface area contributed by atoms with Crippen LogP contribution in [0.1, 0.15) is 12.5 Å². The minimum absolute atomic E-state index is 0.405. The molecule has 0 aliphatic heterocycles. The minimum Gasteiger partial charge on any atom is -0.459 e. The Morgan fingerprint density at radius 3 is 2.48 bits per heavy atom. The average Bonchev–Trinajstić information content (AvgIpc) is 2.34. The Balaban J connectivity index is 3.24. The lowest BCUT2D eigenvalue weighted by Crippen LogP contribution is -2.07. The van der Waals surface area contributed by atoms with Crippen LogP contribution < -0.4 is 4.74 Å². The molecule has 0 aliphatic rings. The number of hydrogen-bond acceptors (Lipinski definition) is 4. The maximum Gasteiger partial charge on any atom is 0.148 e. The van der Waals surface area contributed by atoms with Crippen LogP contribution in [0.4, 0.5) is 5.69 Å². The van der Waals surface area contributed by atoms with Crippen LogP contribution in [0.3, 0.4) is 0 Å². The molecule has 0 bridgehead atoms. The molecule has 5 nitrogen and oxygen atoms in total. The molecule has 0 N–H and O–H groups in total. The monoisotopic (exact) mass is 350 g/mol. The first-order valence-electron chi connectivity index (χ1n) is 6.30. The molecule has 0 unspecified atom stereocenters. The molecule has 0 aromatic heterocycles. The smallest absolute Gasteiger partial charge is 0.148 e. The molecule has 1 aromatic carbocycles. The number of aliphatic imine (C=N–C) groups is 1. The van der Waals surface area contributed by atoms with Crippen LogP contribution in [0.15, 0.2) is 33.6 Å². The maximum atomic E-state index is 9.39. The summed E-state index contributed by atoms with van der Waals surface area (Å²) in [6.45, 7) is 1.84. The van der Waals surface area contributed by atoms with Gasteiger partial charge in [-0.05, 0) is 19.1 Å². The molecule has 0 spiro atoms. The Morgan fingerprint density at radius 1 is 1.29 bits per heavy atom. The van der Waals surface area contributed by atoms with Crippen molar-refractivity contribution >= 4 is 28.0 Å². The fourth-order valence-corrected chi connectivity index (χ4v) is 2.03. The molecule has 112 valence electrons. The van der Waals surface area contributed by atoms with Crippen LogP contribution in [-0.2, 0) is 0 Å². The van der Waals surface area contributed by atoms with Gasteiger partial charge in [-0.25, -0.2) is 4.99 Å². The van der Waals surface area contributed by atoms with Gasteiger partial charge in [0.2, 0.25) is 0 Å². The van der Waals surface area contributed by atoms with Crippen LogP contribution in [-0.4, -0.2) is 44.3 Å². The van der Waals surface area contributed by atoms with Crippen molar-refractivity contribution in [2.24, 2.45) is 4.99 Å². The van der Waals surface area contributed by atoms with Gasteiger partial charge in [0.15, 0.2) is 0 Å². The lowest BCUT2D eigenvalue weighted by atomic mass is 10.2. The lowest BCUT2D eigenvalue weighted by molar-refractivity contribution is 0.403. The quantitative estimate of drug-likeness (QED) is 0.464. The number of ether oxygens (including phenoxy) is 1. The zero-order valence-corrected chi connectivity index (χ0v) is 14.5. The Bertz CT molecular complexity index is 600. The molecule has 0 saturated carbocycles. The van der Waals surface area contributed by atoms with Gasteiger partial charge in [0.25, 0.3) is 0 Å². The third-order valence-corrected chi connectivity index (χ3v) is 2.75. The normalized spacial score (nSPS) is 11.4. The number of allylic oxidation sites excluding steroid dienone is 1. The third kappa shape index (κ3) is 5.48. The van der Waals surface area contributed by atoms with Crippen molar-refractivity contribution in [2.75, 3.05) is 28.2 Å². The molecular weight excluding hydrogens is 332 g/mol. The molecule has 1 rings (SSSR count). The highest BCUT2D eigenvalue weighted by Crippen LogP contribution is 2.33. The van der Waals surface area contributed by atoms with Gasteiger partial charge in [-0.2, -0.15) is 5.26 Å². The zero-order chi connectivity index (χ0) is 16.0. The second-order valence-corrected chi connectivity index (χ2v) is 5.84. The summed E-state index contributed by atoms with van der Waals surface area (Å²) in [5, 5.41) is 9.39. The van der Waals surface area contributed by atoms with Crippen molar-refractivity contribution in [3.8, 4) is 11.8 Å². The maximum absolute atomic E-state index is 9.39. The third-order valence-electron chi connectivity index (χ3n) is 2.30. The van der Waals surface area contributed by atoms with E-state index in [9.17, 15) is 5.26 Å². The molecule has 21 heavy (non-hydrogen) atoms. The summed E-state index contributed by atoms with van der Waals surface area (Å²) in [6, 6.07) is 5.71. The zero-order valence-electron chi connectivity index (χ0n) is 12.9. The second kappa shape index (κ2) is 7.70. The number of benzene rings is 1. The summed E-state index contributed by atoms with van der Waals surface area (Å²) in [6.07, 6.45) is 3.49. The van der Waals surface area contributed by atoms with E-state index in [0.29, 0.717) is 22.8 Å². The van der Waals surface area contributed by atoms with E-state index in [-0.39, 0.29) is 0 Å². The number of hydrogen-bond donors (Lipinski definition) is 0. The van der Waals surface area contributed by atoms with E-state index in [0.717, 1.165) is 4.47 Å². The number of nitrogens with zero attached hydrogens (tertiary/aromatic N) is 4. The molecule has 0 amide bonds. The summed E-state index contributed by atoms with van der Waals surface area (Å²) < 4.78 is 6.56. The summed E-state index contributed by atoms with van der Waals surface area (Å²) in [4.78, 5) is 7.99. The fraction of sp³-hybridized carbons (Fsp3) is 0.333. The molecule has 0 radical (unpaired) electrons. The van der Waals surface area contributed by atoms with Gasteiger partial charge in [0.1, 0.15) is 23.1 Å². The number of rotatable bonds is 5. The van der Waals surface area contributed by atoms with E-state index >= 15 is 0 Å². The van der Waals surface area contributed by atoms with Crippen molar-refractivity contribution in [1.82, 2.24) is 9.80 Å². The minimum atomic E-state index is 0.405. The van der Waals surface area contributed by atoms with E-state index < -0.39 is 0 Å². The predicted molar refractivity (Wildman–Crippen MR) is 88.8 cm³/mol. The molecular formula is C15H19BrN4O. The largest absolute Gasteiger partial charge is 0.459 e. The molecule has 0 saturated heterocycles. The van der Waals surface area contributed by atoms with Gasteiger partial charge in [0, 0.05) is 38.9 Å². The van der Waals surface area contributed by atoms with Gasteiger partial charge in [0.05, 0.1) is 12.0 Å². The van der Waals surface area contributed by atoms with Crippen LogP contribution >= 0.6 is 15.9 Å².